The van der Waals surface area contributed by atoms with Crippen molar-refractivity contribution < 1.29 is 19.4 Å². The molecule has 0 radical (unpaired) electrons. The lowest BCUT2D eigenvalue weighted by Gasteiger charge is -1.96. The van der Waals surface area contributed by atoms with Gasteiger partial charge in [-0.3, -0.25) is 0 Å². The molecular weight excluding hydrogens is 196 g/mol. The first-order valence-corrected chi connectivity index (χ1v) is 4.46. The van der Waals surface area contributed by atoms with Gasteiger partial charge in [-0.15, -0.1) is 0 Å². The summed E-state index contributed by atoms with van der Waals surface area (Å²) in [7, 11) is 0. The van der Waals surface area contributed by atoms with Crippen LogP contribution in [0.4, 0.5) is 0 Å². The van der Waals surface area contributed by atoms with Crippen LogP contribution in [0, 0.1) is 13.8 Å². The first-order chi connectivity index (χ1) is 7.00. The standard InChI is InChI=1S/C11H10O4/c1-5-3-7(12)9-6(2)10(11(13)14)15-8(9)4-5/h3-4,12H,1-2H3,(H,13,14). The van der Waals surface area contributed by atoms with Crippen LogP contribution in [-0.4, -0.2) is 16.2 Å². The molecule has 0 saturated carbocycles. The number of carboxylic acid groups (broad SMARTS) is 1. The molecule has 2 rings (SSSR count). The lowest BCUT2D eigenvalue weighted by atomic mass is 10.1. The number of hydrogen-bond acceptors (Lipinski definition) is 3. The minimum absolute atomic E-state index is 0.0544. The molecule has 1 heterocycles. The lowest BCUT2D eigenvalue weighted by Crippen LogP contribution is -1.95. The van der Waals surface area contributed by atoms with Crippen LogP contribution in [0.15, 0.2) is 16.5 Å². The highest BCUT2D eigenvalue weighted by atomic mass is 16.4. The Labute approximate surface area is 85.8 Å². The predicted molar refractivity (Wildman–Crippen MR) is 54.3 cm³/mol. The van der Waals surface area contributed by atoms with Crippen LogP contribution in [0.25, 0.3) is 11.0 Å². The predicted octanol–water partition coefficient (Wildman–Crippen LogP) is 2.45. The van der Waals surface area contributed by atoms with Crippen LogP contribution in [0.5, 0.6) is 5.75 Å². The zero-order chi connectivity index (χ0) is 11.2. The molecule has 0 fully saturated rings. The van der Waals surface area contributed by atoms with Gasteiger partial charge in [0.05, 0.1) is 5.39 Å². The maximum Gasteiger partial charge on any atom is 0.372 e. The molecule has 2 N–H and O–H groups in total. The first kappa shape index (κ1) is 9.58. The van der Waals surface area contributed by atoms with Crippen LogP contribution in [0.2, 0.25) is 0 Å². The molecule has 0 aliphatic rings. The number of carbonyl (C=O) groups is 1. The highest BCUT2D eigenvalue weighted by Crippen LogP contribution is 2.33. The maximum atomic E-state index is 10.8. The van der Waals surface area contributed by atoms with E-state index < -0.39 is 5.97 Å². The fourth-order valence-corrected chi connectivity index (χ4v) is 1.70. The largest absolute Gasteiger partial charge is 0.507 e. The molecule has 15 heavy (non-hydrogen) atoms. The highest BCUT2D eigenvalue weighted by Gasteiger charge is 2.18. The van der Waals surface area contributed by atoms with Gasteiger partial charge < -0.3 is 14.6 Å². The van der Waals surface area contributed by atoms with Gasteiger partial charge in [-0.05, 0) is 31.5 Å². The molecule has 78 valence electrons. The molecule has 4 nitrogen and oxygen atoms in total. The molecule has 0 aliphatic heterocycles. The first-order valence-electron chi connectivity index (χ1n) is 4.46. The Morgan fingerprint density at radius 2 is 2.00 bits per heavy atom. The minimum atomic E-state index is -1.12. The van der Waals surface area contributed by atoms with Crippen LogP contribution >= 0.6 is 0 Å². The number of aryl methyl sites for hydroxylation is 2. The number of aromatic carboxylic acids is 1. The van der Waals surface area contributed by atoms with E-state index in [1.54, 1.807) is 26.0 Å². The van der Waals surface area contributed by atoms with Gasteiger partial charge in [-0.1, -0.05) is 0 Å². The van der Waals surface area contributed by atoms with E-state index in [2.05, 4.69) is 0 Å². The summed E-state index contributed by atoms with van der Waals surface area (Å²) in [6, 6.07) is 3.28. The summed E-state index contributed by atoms with van der Waals surface area (Å²) >= 11 is 0. The molecule has 0 saturated heterocycles. The lowest BCUT2D eigenvalue weighted by molar-refractivity contribution is 0.0664. The van der Waals surface area contributed by atoms with Crippen molar-refractivity contribution in [1.29, 1.82) is 0 Å². The van der Waals surface area contributed by atoms with Crippen molar-refractivity contribution in [3.8, 4) is 5.75 Å². The second kappa shape index (κ2) is 3.02. The number of phenols is 1. The third-order valence-electron chi connectivity index (χ3n) is 2.35. The average Bonchev–Trinajstić information content (AvgIpc) is 2.42. The Kier molecular flexibility index (Phi) is 1.93. The van der Waals surface area contributed by atoms with E-state index >= 15 is 0 Å². The number of fused-ring (bicyclic) bond motifs is 1. The molecule has 0 amide bonds. The fraction of sp³-hybridized carbons (Fsp3) is 0.182. The van der Waals surface area contributed by atoms with Gasteiger partial charge >= 0.3 is 5.97 Å². The summed E-state index contributed by atoms with van der Waals surface area (Å²) in [5.41, 5.74) is 1.68. The summed E-state index contributed by atoms with van der Waals surface area (Å²) in [5, 5.41) is 19.0. The van der Waals surface area contributed by atoms with E-state index in [4.69, 9.17) is 9.52 Å². The molecule has 2 aromatic rings. The van der Waals surface area contributed by atoms with Crippen LogP contribution in [0.3, 0.4) is 0 Å². The summed E-state index contributed by atoms with van der Waals surface area (Å²) < 4.78 is 5.16. The summed E-state index contributed by atoms with van der Waals surface area (Å²) in [6.07, 6.45) is 0. The number of rotatable bonds is 1. The Morgan fingerprint density at radius 1 is 1.33 bits per heavy atom. The van der Waals surface area contributed by atoms with E-state index in [-0.39, 0.29) is 11.5 Å². The third kappa shape index (κ3) is 1.34. The molecule has 0 bridgehead atoms. The van der Waals surface area contributed by atoms with E-state index in [9.17, 15) is 9.90 Å². The van der Waals surface area contributed by atoms with E-state index in [0.717, 1.165) is 5.56 Å². The monoisotopic (exact) mass is 206 g/mol. The van der Waals surface area contributed by atoms with Gasteiger partial charge in [0, 0.05) is 5.56 Å². The number of carboxylic acids is 1. The quantitative estimate of drug-likeness (QED) is 0.751. The number of benzene rings is 1. The SMILES string of the molecule is Cc1cc(O)c2c(C)c(C(=O)O)oc2c1. The second-order valence-electron chi connectivity index (χ2n) is 3.52. The van der Waals surface area contributed by atoms with Crippen molar-refractivity contribution in [2.24, 2.45) is 0 Å². The van der Waals surface area contributed by atoms with E-state index in [0.29, 0.717) is 16.5 Å². The molecule has 4 heteroatoms. The van der Waals surface area contributed by atoms with Crippen molar-refractivity contribution in [2.45, 2.75) is 13.8 Å². The van der Waals surface area contributed by atoms with Crippen molar-refractivity contribution >= 4 is 16.9 Å². The molecule has 1 aromatic heterocycles. The van der Waals surface area contributed by atoms with Crippen molar-refractivity contribution in [3.63, 3.8) is 0 Å². The number of aromatic hydroxyl groups is 1. The molecule has 0 unspecified atom stereocenters. The van der Waals surface area contributed by atoms with Crippen molar-refractivity contribution in [3.05, 3.63) is 29.0 Å². The van der Waals surface area contributed by atoms with Gasteiger partial charge in [0.15, 0.2) is 0 Å². The Hall–Kier alpha value is -1.97. The third-order valence-corrected chi connectivity index (χ3v) is 2.35. The van der Waals surface area contributed by atoms with Gasteiger partial charge in [0.2, 0.25) is 5.76 Å². The summed E-state index contributed by atoms with van der Waals surface area (Å²) in [6.45, 7) is 3.42. The van der Waals surface area contributed by atoms with E-state index in [1.165, 1.54) is 0 Å². The van der Waals surface area contributed by atoms with Gasteiger partial charge in [-0.2, -0.15) is 0 Å². The molecule has 0 atom stereocenters. The number of hydrogen-bond donors (Lipinski definition) is 2. The van der Waals surface area contributed by atoms with Gasteiger partial charge in [0.25, 0.3) is 0 Å². The second-order valence-corrected chi connectivity index (χ2v) is 3.52. The number of furan rings is 1. The average molecular weight is 206 g/mol. The molecule has 0 spiro atoms. The number of phenolic OH excluding ortho intramolecular Hbond substituents is 1. The zero-order valence-electron chi connectivity index (χ0n) is 8.37. The smallest absolute Gasteiger partial charge is 0.372 e. The fourth-order valence-electron chi connectivity index (χ4n) is 1.70. The van der Waals surface area contributed by atoms with Crippen molar-refractivity contribution in [1.82, 2.24) is 0 Å². The normalized spacial score (nSPS) is 10.8. The van der Waals surface area contributed by atoms with Crippen LogP contribution in [0.1, 0.15) is 21.7 Å². The van der Waals surface area contributed by atoms with E-state index in [1.807, 2.05) is 0 Å². The Bertz CT molecular complexity index is 551. The minimum Gasteiger partial charge on any atom is -0.507 e. The Morgan fingerprint density at radius 3 is 2.60 bits per heavy atom. The van der Waals surface area contributed by atoms with Crippen LogP contribution in [-0.2, 0) is 0 Å². The summed E-state index contributed by atoms with van der Waals surface area (Å²) in [5.74, 6) is -1.19. The topological polar surface area (TPSA) is 70.7 Å². The molecular formula is C11H10O4. The maximum absolute atomic E-state index is 10.8. The highest BCUT2D eigenvalue weighted by molar-refractivity contribution is 5.97. The zero-order valence-corrected chi connectivity index (χ0v) is 8.37. The molecule has 0 aliphatic carbocycles. The van der Waals surface area contributed by atoms with Crippen molar-refractivity contribution in [2.75, 3.05) is 0 Å². The van der Waals surface area contributed by atoms with Crippen LogP contribution < -0.4 is 0 Å². The van der Waals surface area contributed by atoms with Gasteiger partial charge in [0.1, 0.15) is 11.3 Å². The Balaban J connectivity index is 2.88. The van der Waals surface area contributed by atoms with Gasteiger partial charge in [-0.25, -0.2) is 4.79 Å². The summed E-state index contributed by atoms with van der Waals surface area (Å²) in [4.78, 5) is 10.8. The molecule has 1 aromatic carbocycles.